The van der Waals surface area contributed by atoms with Gasteiger partial charge in [-0.15, -0.1) is 11.8 Å². The van der Waals surface area contributed by atoms with Crippen LogP contribution in [0.2, 0.25) is 0 Å². The van der Waals surface area contributed by atoms with Crippen molar-refractivity contribution in [1.29, 1.82) is 10.7 Å². The zero-order valence-corrected chi connectivity index (χ0v) is 19.9. The van der Waals surface area contributed by atoms with Gasteiger partial charge >= 0.3 is 0 Å². The van der Waals surface area contributed by atoms with E-state index in [1.165, 1.54) is 4.90 Å². The van der Waals surface area contributed by atoms with Gasteiger partial charge in [-0.1, -0.05) is 18.2 Å². The van der Waals surface area contributed by atoms with Crippen molar-refractivity contribution in [1.82, 2.24) is 20.0 Å². The first-order valence-electron chi connectivity index (χ1n) is 11.2. The second kappa shape index (κ2) is 9.26. The van der Waals surface area contributed by atoms with E-state index in [2.05, 4.69) is 47.3 Å². The van der Waals surface area contributed by atoms with E-state index in [0.29, 0.717) is 5.56 Å². The molecule has 2 saturated heterocycles. The van der Waals surface area contributed by atoms with Crippen molar-refractivity contribution in [3.8, 4) is 6.07 Å². The number of carbonyl (C=O) groups excluding carboxylic acids is 1. The standard InChI is InChI=1S/C24H32N6OS/c1-24(21-14-19(16-32-21)18-6-4-5-17(13-18)15-25)20(22(31)29(3)23(26)27-24)7-8-30-11-9-28(2)10-12-30/h4-6,13-14,19-20H,7-12,16H2,1-3H3,(H2,26,27)/t19?,20-,24-/m0/s1. The number of piperazine rings is 1. The Morgan fingerprint density at radius 3 is 2.75 bits per heavy atom. The number of thioether (sulfide) groups is 1. The molecule has 2 fully saturated rings. The first-order chi connectivity index (χ1) is 15.3. The number of nitriles is 1. The van der Waals surface area contributed by atoms with Crippen LogP contribution in [0.25, 0.3) is 0 Å². The summed E-state index contributed by atoms with van der Waals surface area (Å²) in [7, 11) is 3.84. The molecule has 0 saturated carbocycles. The SMILES string of the molecule is CN1CCN(CC[C@H]2C(=O)N(C)C(=N)N[C@]2(C)C2=CC(c3cccc(C#N)c3)CS2)CC1. The van der Waals surface area contributed by atoms with Gasteiger partial charge in [0.05, 0.1) is 23.1 Å². The normalized spacial score (nSPS) is 29.6. The van der Waals surface area contributed by atoms with Crippen LogP contribution in [0.4, 0.5) is 0 Å². The van der Waals surface area contributed by atoms with Crippen molar-refractivity contribution in [2.75, 3.05) is 52.6 Å². The lowest BCUT2D eigenvalue weighted by Gasteiger charge is -2.46. The van der Waals surface area contributed by atoms with E-state index in [1.807, 2.05) is 18.2 Å². The third-order valence-corrected chi connectivity index (χ3v) is 8.49. The second-order valence-corrected chi connectivity index (χ2v) is 10.3. The second-order valence-electron chi connectivity index (χ2n) is 9.25. The van der Waals surface area contributed by atoms with Gasteiger partial charge in [0.1, 0.15) is 0 Å². The summed E-state index contributed by atoms with van der Waals surface area (Å²) in [6, 6.07) is 9.99. The molecular weight excluding hydrogens is 420 g/mol. The van der Waals surface area contributed by atoms with Crippen LogP contribution >= 0.6 is 11.8 Å². The first kappa shape index (κ1) is 22.8. The van der Waals surface area contributed by atoms with E-state index < -0.39 is 5.54 Å². The molecule has 1 unspecified atom stereocenters. The van der Waals surface area contributed by atoms with Gasteiger partial charge in [0.15, 0.2) is 5.96 Å². The van der Waals surface area contributed by atoms with E-state index in [1.54, 1.807) is 18.8 Å². The van der Waals surface area contributed by atoms with Crippen molar-refractivity contribution >= 4 is 23.6 Å². The molecule has 0 radical (unpaired) electrons. The van der Waals surface area contributed by atoms with Crippen LogP contribution in [0, 0.1) is 22.7 Å². The van der Waals surface area contributed by atoms with Gasteiger partial charge in [-0.3, -0.25) is 15.1 Å². The molecule has 1 amide bonds. The van der Waals surface area contributed by atoms with Crippen LogP contribution in [-0.4, -0.2) is 84.7 Å². The van der Waals surface area contributed by atoms with Crippen molar-refractivity contribution in [2.45, 2.75) is 24.8 Å². The maximum Gasteiger partial charge on any atom is 0.234 e. The fraction of sp³-hybridized carbons (Fsp3) is 0.542. The average Bonchev–Trinajstić information content (AvgIpc) is 3.30. The zero-order valence-electron chi connectivity index (χ0n) is 19.1. The molecule has 0 bridgehead atoms. The van der Waals surface area contributed by atoms with Gasteiger partial charge in [0, 0.05) is 49.8 Å². The number of likely N-dealkylation sites (N-methyl/N-ethyl adjacent to an activating group) is 1. The van der Waals surface area contributed by atoms with Gasteiger partial charge in [0.25, 0.3) is 0 Å². The quantitative estimate of drug-likeness (QED) is 0.713. The number of allylic oxidation sites excluding steroid dienone is 1. The molecular formula is C24H32N6OS. The van der Waals surface area contributed by atoms with Crippen LogP contribution in [0.3, 0.4) is 0 Å². The Morgan fingerprint density at radius 2 is 2.03 bits per heavy atom. The number of rotatable bonds is 5. The number of carbonyl (C=O) groups is 1. The van der Waals surface area contributed by atoms with Crippen molar-refractivity contribution < 1.29 is 4.79 Å². The maximum atomic E-state index is 13.3. The Balaban J connectivity index is 1.56. The molecule has 1 aromatic carbocycles. The van der Waals surface area contributed by atoms with Crippen molar-refractivity contribution in [3.63, 3.8) is 0 Å². The third kappa shape index (κ3) is 4.42. The summed E-state index contributed by atoms with van der Waals surface area (Å²) in [6.45, 7) is 7.14. The predicted octanol–water partition coefficient (Wildman–Crippen LogP) is 2.28. The lowest BCUT2D eigenvalue weighted by molar-refractivity contribution is -0.134. The van der Waals surface area contributed by atoms with E-state index in [4.69, 9.17) is 5.41 Å². The van der Waals surface area contributed by atoms with Gasteiger partial charge < -0.3 is 15.1 Å². The summed E-state index contributed by atoms with van der Waals surface area (Å²) in [6.07, 6.45) is 3.00. The minimum atomic E-state index is -0.598. The smallest absolute Gasteiger partial charge is 0.234 e. The van der Waals surface area contributed by atoms with Crippen LogP contribution in [-0.2, 0) is 4.79 Å². The van der Waals surface area contributed by atoms with Gasteiger partial charge in [-0.2, -0.15) is 5.26 Å². The summed E-state index contributed by atoms with van der Waals surface area (Å²) >= 11 is 1.76. The number of nitrogens with zero attached hydrogens (tertiary/aromatic N) is 4. The van der Waals surface area contributed by atoms with E-state index in [9.17, 15) is 10.1 Å². The average molecular weight is 453 g/mol. The summed E-state index contributed by atoms with van der Waals surface area (Å²) in [4.78, 5) is 20.7. The monoisotopic (exact) mass is 452 g/mol. The number of amides is 1. The largest absolute Gasteiger partial charge is 0.346 e. The van der Waals surface area contributed by atoms with E-state index >= 15 is 0 Å². The molecule has 2 N–H and O–H groups in total. The lowest BCUT2D eigenvalue weighted by atomic mass is 9.79. The van der Waals surface area contributed by atoms with Crippen LogP contribution in [0.1, 0.15) is 30.4 Å². The van der Waals surface area contributed by atoms with Gasteiger partial charge in [0.2, 0.25) is 5.91 Å². The number of nitrogens with one attached hydrogen (secondary N) is 2. The Kier molecular flexibility index (Phi) is 6.61. The molecule has 0 spiro atoms. The minimum Gasteiger partial charge on any atom is -0.346 e. The summed E-state index contributed by atoms with van der Waals surface area (Å²) < 4.78 is 0. The summed E-state index contributed by atoms with van der Waals surface area (Å²) in [5, 5.41) is 21.0. The molecule has 32 heavy (non-hydrogen) atoms. The fourth-order valence-corrected chi connectivity index (χ4v) is 6.25. The van der Waals surface area contributed by atoms with Gasteiger partial charge in [-0.25, -0.2) is 0 Å². The van der Waals surface area contributed by atoms with Crippen molar-refractivity contribution in [2.24, 2.45) is 5.92 Å². The minimum absolute atomic E-state index is 0.0156. The van der Waals surface area contributed by atoms with E-state index in [0.717, 1.165) is 55.4 Å². The third-order valence-electron chi connectivity index (χ3n) is 7.10. The Hall–Kier alpha value is -2.34. The molecule has 3 atom stereocenters. The number of hydrogen-bond donors (Lipinski definition) is 2. The van der Waals surface area contributed by atoms with Crippen molar-refractivity contribution in [3.05, 3.63) is 46.4 Å². The molecule has 7 nitrogen and oxygen atoms in total. The number of hydrogen-bond acceptors (Lipinski definition) is 6. The molecule has 3 aliphatic rings. The topological polar surface area (TPSA) is 86.5 Å². The van der Waals surface area contributed by atoms with E-state index in [-0.39, 0.29) is 23.7 Å². The van der Waals surface area contributed by atoms with Crippen LogP contribution < -0.4 is 5.32 Å². The molecule has 3 heterocycles. The maximum absolute atomic E-state index is 13.3. The van der Waals surface area contributed by atoms with Gasteiger partial charge in [-0.05, 0) is 44.6 Å². The molecule has 8 heteroatoms. The Bertz CT molecular complexity index is 963. The highest BCUT2D eigenvalue weighted by Gasteiger charge is 2.49. The number of benzene rings is 1. The predicted molar refractivity (Wildman–Crippen MR) is 129 cm³/mol. The molecule has 0 aromatic heterocycles. The highest BCUT2D eigenvalue weighted by Crippen LogP contribution is 2.46. The molecule has 170 valence electrons. The lowest BCUT2D eigenvalue weighted by Crippen LogP contribution is -2.66. The highest BCUT2D eigenvalue weighted by molar-refractivity contribution is 8.03. The summed E-state index contributed by atoms with van der Waals surface area (Å²) in [5.74, 6) is 1.02. The highest BCUT2D eigenvalue weighted by atomic mass is 32.2. The molecule has 0 aliphatic carbocycles. The van der Waals surface area contributed by atoms with Crippen LogP contribution in [0.15, 0.2) is 35.2 Å². The fourth-order valence-electron chi connectivity index (χ4n) is 4.85. The molecule has 3 aliphatic heterocycles. The molecule has 4 rings (SSSR count). The Morgan fingerprint density at radius 1 is 1.28 bits per heavy atom. The number of guanidine groups is 1. The molecule has 1 aromatic rings. The Labute approximate surface area is 194 Å². The van der Waals surface area contributed by atoms with Crippen LogP contribution in [0.5, 0.6) is 0 Å². The first-order valence-corrected chi connectivity index (χ1v) is 12.2. The zero-order chi connectivity index (χ0) is 22.9. The summed E-state index contributed by atoms with van der Waals surface area (Å²) in [5.41, 5.74) is 1.19.